The first kappa shape index (κ1) is 18.5. The van der Waals surface area contributed by atoms with Crippen molar-refractivity contribution in [2.24, 2.45) is 0 Å². The van der Waals surface area contributed by atoms with Gasteiger partial charge in [0.1, 0.15) is 17.3 Å². The molecule has 3 rings (SSSR count). The van der Waals surface area contributed by atoms with Crippen LogP contribution in [0.15, 0.2) is 23.4 Å². The first-order valence-corrected chi connectivity index (χ1v) is 9.45. The van der Waals surface area contributed by atoms with Crippen LogP contribution in [0.3, 0.4) is 0 Å². The van der Waals surface area contributed by atoms with E-state index >= 15 is 0 Å². The van der Waals surface area contributed by atoms with Gasteiger partial charge in [-0.2, -0.15) is 5.26 Å². The van der Waals surface area contributed by atoms with Crippen molar-refractivity contribution < 1.29 is 13.6 Å². The molecule has 1 aromatic carbocycles. The van der Waals surface area contributed by atoms with Gasteiger partial charge in [-0.05, 0) is 18.9 Å². The summed E-state index contributed by atoms with van der Waals surface area (Å²) in [5.41, 5.74) is 1.10. The number of hydrogen-bond acceptors (Lipinski definition) is 5. The monoisotopic (exact) mass is 373 g/mol. The third-order valence-corrected chi connectivity index (χ3v) is 5.44. The molecule has 0 atom stereocenters. The molecule has 0 N–H and O–H groups in total. The Kier molecular flexibility index (Phi) is 5.94. The number of benzene rings is 1. The Bertz CT molecular complexity index is 861. The smallest absolute Gasteiger partial charge is 0.188 e. The third kappa shape index (κ3) is 3.91. The highest BCUT2D eigenvalue weighted by molar-refractivity contribution is 7.98. The Labute approximate surface area is 154 Å². The maximum absolute atomic E-state index is 13.8. The molecular weight excluding hydrogens is 356 g/mol. The van der Waals surface area contributed by atoms with E-state index in [0.717, 1.165) is 49.9 Å². The number of carbonyl (C=O) groups excluding carboxylic acids is 1. The zero-order valence-corrected chi connectivity index (χ0v) is 14.9. The quantitative estimate of drug-likeness (QED) is 0.429. The van der Waals surface area contributed by atoms with E-state index in [0.29, 0.717) is 17.1 Å². The largest absolute Gasteiger partial charge is 0.296 e. The Morgan fingerprint density at radius 3 is 2.69 bits per heavy atom. The molecule has 7 heteroatoms. The van der Waals surface area contributed by atoms with Crippen LogP contribution in [-0.2, 0) is 5.75 Å². The zero-order chi connectivity index (χ0) is 18.5. The standard InChI is InChI=1S/C19H17F2N3OS/c20-15-8-4-7-13(17(15)21)11-26-19-23-16(10-25)14(9-22)18(24-19)12-5-2-1-3-6-12/h4,7-8,10,12H,1-3,5-6,11H2. The van der Waals surface area contributed by atoms with Gasteiger partial charge < -0.3 is 0 Å². The molecule has 1 saturated carbocycles. The topological polar surface area (TPSA) is 66.6 Å². The highest BCUT2D eigenvalue weighted by Crippen LogP contribution is 2.35. The predicted molar refractivity (Wildman–Crippen MR) is 93.9 cm³/mol. The minimum atomic E-state index is -0.902. The van der Waals surface area contributed by atoms with Crippen LogP contribution in [0.1, 0.15) is 65.3 Å². The summed E-state index contributed by atoms with van der Waals surface area (Å²) in [6.45, 7) is 0. The normalized spacial score (nSPS) is 14.8. The maximum Gasteiger partial charge on any atom is 0.188 e. The molecule has 134 valence electrons. The van der Waals surface area contributed by atoms with Crippen molar-refractivity contribution in [3.63, 3.8) is 0 Å². The molecule has 1 aliphatic carbocycles. The second kappa shape index (κ2) is 8.37. The van der Waals surface area contributed by atoms with Gasteiger partial charge in [0.15, 0.2) is 23.1 Å². The van der Waals surface area contributed by atoms with Crippen molar-refractivity contribution in [2.45, 2.75) is 48.9 Å². The van der Waals surface area contributed by atoms with E-state index in [1.54, 1.807) is 0 Å². The second-order valence-corrected chi connectivity index (χ2v) is 7.16. The summed E-state index contributed by atoms with van der Waals surface area (Å²) in [4.78, 5) is 20.0. The minimum Gasteiger partial charge on any atom is -0.296 e. The van der Waals surface area contributed by atoms with Crippen LogP contribution in [0.25, 0.3) is 0 Å². The van der Waals surface area contributed by atoms with E-state index in [-0.39, 0.29) is 28.5 Å². The molecule has 0 amide bonds. The number of aromatic nitrogens is 2. The van der Waals surface area contributed by atoms with Crippen molar-refractivity contribution in [3.8, 4) is 6.07 Å². The molecule has 26 heavy (non-hydrogen) atoms. The highest BCUT2D eigenvalue weighted by Gasteiger charge is 2.24. The van der Waals surface area contributed by atoms with E-state index in [4.69, 9.17) is 0 Å². The lowest BCUT2D eigenvalue weighted by atomic mass is 9.85. The first-order valence-electron chi connectivity index (χ1n) is 8.47. The average molecular weight is 373 g/mol. The minimum absolute atomic E-state index is 0.0605. The van der Waals surface area contributed by atoms with E-state index in [1.165, 1.54) is 12.1 Å². The molecule has 4 nitrogen and oxygen atoms in total. The summed E-state index contributed by atoms with van der Waals surface area (Å²) in [5, 5.41) is 9.74. The molecule has 1 heterocycles. The molecular formula is C19H17F2N3OS. The molecule has 1 aliphatic rings. The first-order chi connectivity index (χ1) is 12.6. The number of hydrogen-bond donors (Lipinski definition) is 0. The molecule has 1 fully saturated rings. The number of aldehydes is 1. The summed E-state index contributed by atoms with van der Waals surface area (Å²) < 4.78 is 27.1. The Morgan fingerprint density at radius 2 is 2.00 bits per heavy atom. The van der Waals surface area contributed by atoms with Gasteiger partial charge in [-0.3, -0.25) is 4.79 Å². The van der Waals surface area contributed by atoms with Crippen LogP contribution in [0, 0.1) is 23.0 Å². The van der Waals surface area contributed by atoms with E-state index in [1.807, 2.05) is 0 Å². The average Bonchev–Trinajstić information content (AvgIpc) is 2.69. The summed E-state index contributed by atoms with van der Waals surface area (Å²) in [5.74, 6) is -1.53. The van der Waals surface area contributed by atoms with Crippen LogP contribution in [0.2, 0.25) is 0 Å². The van der Waals surface area contributed by atoms with Crippen LogP contribution in [0.5, 0.6) is 0 Å². The van der Waals surface area contributed by atoms with Crippen molar-refractivity contribution in [1.29, 1.82) is 5.26 Å². The van der Waals surface area contributed by atoms with E-state index in [9.17, 15) is 18.8 Å². The van der Waals surface area contributed by atoms with Crippen LogP contribution >= 0.6 is 11.8 Å². The van der Waals surface area contributed by atoms with Crippen LogP contribution in [-0.4, -0.2) is 16.3 Å². The molecule has 0 aliphatic heterocycles. The Hall–Kier alpha value is -2.33. The number of nitrogens with zero attached hydrogens (tertiary/aromatic N) is 3. The van der Waals surface area contributed by atoms with Gasteiger partial charge in [-0.1, -0.05) is 43.2 Å². The van der Waals surface area contributed by atoms with Gasteiger partial charge in [0, 0.05) is 17.2 Å². The zero-order valence-electron chi connectivity index (χ0n) is 14.0. The summed E-state index contributed by atoms with van der Waals surface area (Å²) in [6, 6.07) is 6.06. The van der Waals surface area contributed by atoms with Gasteiger partial charge in [-0.15, -0.1) is 0 Å². The van der Waals surface area contributed by atoms with Crippen molar-refractivity contribution in [2.75, 3.05) is 0 Å². The number of carbonyl (C=O) groups is 1. The van der Waals surface area contributed by atoms with Gasteiger partial charge in [0.2, 0.25) is 0 Å². The predicted octanol–water partition coefficient (Wildman–Crippen LogP) is 4.78. The SMILES string of the molecule is N#Cc1c(C=O)nc(SCc2cccc(F)c2F)nc1C1CCCCC1. The molecule has 0 bridgehead atoms. The molecule has 1 aromatic heterocycles. The second-order valence-electron chi connectivity index (χ2n) is 6.22. The Balaban J connectivity index is 1.90. The fourth-order valence-corrected chi connectivity index (χ4v) is 4.05. The van der Waals surface area contributed by atoms with Gasteiger partial charge >= 0.3 is 0 Å². The summed E-state index contributed by atoms with van der Waals surface area (Å²) in [6.07, 6.45) is 5.68. The van der Waals surface area contributed by atoms with Crippen molar-refractivity contribution in [3.05, 3.63) is 52.3 Å². The molecule has 0 radical (unpaired) electrons. The van der Waals surface area contributed by atoms with Gasteiger partial charge in [0.25, 0.3) is 0 Å². The Morgan fingerprint density at radius 1 is 1.23 bits per heavy atom. The van der Waals surface area contributed by atoms with E-state index in [2.05, 4.69) is 16.0 Å². The molecule has 0 unspecified atom stereocenters. The lowest BCUT2D eigenvalue weighted by molar-refractivity contribution is 0.111. The van der Waals surface area contributed by atoms with Crippen LogP contribution in [0.4, 0.5) is 8.78 Å². The highest BCUT2D eigenvalue weighted by atomic mass is 32.2. The molecule has 0 spiro atoms. The fraction of sp³-hybridized carbons (Fsp3) is 0.368. The number of rotatable bonds is 5. The lowest BCUT2D eigenvalue weighted by Crippen LogP contribution is -2.12. The van der Waals surface area contributed by atoms with Crippen molar-refractivity contribution >= 4 is 18.0 Å². The summed E-state index contributed by atoms with van der Waals surface area (Å²) in [7, 11) is 0. The van der Waals surface area contributed by atoms with Crippen LogP contribution < -0.4 is 0 Å². The van der Waals surface area contributed by atoms with Crippen molar-refractivity contribution in [1.82, 2.24) is 9.97 Å². The molecule has 2 aromatic rings. The third-order valence-electron chi connectivity index (χ3n) is 4.55. The van der Waals surface area contributed by atoms with Gasteiger partial charge in [-0.25, -0.2) is 18.7 Å². The number of thioether (sulfide) groups is 1. The van der Waals surface area contributed by atoms with Gasteiger partial charge in [0.05, 0.1) is 5.69 Å². The number of halogens is 2. The maximum atomic E-state index is 13.8. The lowest BCUT2D eigenvalue weighted by Gasteiger charge is -2.22. The van der Waals surface area contributed by atoms with E-state index < -0.39 is 11.6 Å². The summed E-state index contributed by atoms with van der Waals surface area (Å²) >= 11 is 1.13. The molecule has 0 saturated heterocycles. The number of nitriles is 1. The fourth-order valence-electron chi connectivity index (χ4n) is 3.21.